The second-order valence-electron chi connectivity index (χ2n) is 6.54. The number of carbonyl (C=O) groups excluding carboxylic acids is 2. The van der Waals surface area contributed by atoms with Crippen LogP contribution in [0.25, 0.3) is 0 Å². The van der Waals surface area contributed by atoms with E-state index in [1.807, 2.05) is 13.8 Å². The van der Waals surface area contributed by atoms with Gasteiger partial charge in [-0.25, -0.2) is 17.9 Å². The Morgan fingerprint density at radius 2 is 1.72 bits per heavy atom. The Hall–Kier alpha value is -2.54. The topological polar surface area (TPSA) is 117 Å². The number of methoxy groups -OCH3 is 1. The number of nitrogens with one attached hydrogen (secondary N) is 3. The van der Waals surface area contributed by atoms with E-state index in [2.05, 4.69) is 15.4 Å². The fourth-order valence-electron chi connectivity index (χ4n) is 2.91. The number of ether oxygens (including phenoxy) is 1. The summed E-state index contributed by atoms with van der Waals surface area (Å²) >= 11 is 6.48. The van der Waals surface area contributed by atoms with E-state index in [0.717, 1.165) is 11.3 Å². The van der Waals surface area contributed by atoms with Crippen LogP contribution in [0.5, 0.6) is 0 Å². The maximum Gasteiger partial charge on any atom is 0.341 e. The Morgan fingerprint density at radius 1 is 1.12 bits per heavy atom. The lowest BCUT2D eigenvalue weighted by Gasteiger charge is -2.17. The standard InChI is InChI=1S/C20H26N4O5S3/c1-6-24(7-2)18(25)16-12(3)15(19(26)29-5)17(31-16)23-20(30)22-13-8-10-14(11-9-13)32(27,28)21-4/h8-11,21H,6-7H2,1-5H3,(H2,22,23,30). The summed E-state index contributed by atoms with van der Waals surface area (Å²) in [5, 5.41) is 6.45. The molecule has 0 unspecified atom stereocenters. The van der Waals surface area contributed by atoms with E-state index in [0.29, 0.717) is 34.2 Å². The number of esters is 1. The molecule has 9 nitrogen and oxygen atoms in total. The number of thiocarbonyl (C=S) groups is 1. The minimum Gasteiger partial charge on any atom is -0.465 e. The van der Waals surface area contributed by atoms with Gasteiger partial charge in [0.15, 0.2) is 5.11 Å². The number of anilines is 2. The molecule has 0 fully saturated rings. The third-order valence-electron chi connectivity index (χ3n) is 4.70. The first-order valence-electron chi connectivity index (χ1n) is 9.72. The molecule has 0 saturated heterocycles. The number of amides is 1. The first-order valence-corrected chi connectivity index (χ1v) is 12.4. The number of rotatable bonds is 8. The molecule has 0 aliphatic rings. The molecule has 0 radical (unpaired) electrons. The third-order valence-corrected chi connectivity index (χ3v) is 7.53. The van der Waals surface area contributed by atoms with Crippen molar-refractivity contribution in [1.29, 1.82) is 0 Å². The lowest BCUT2D eigenvalue weighted by atomic mass is 10.1. The number of thiophene rings is 1. The minimum absolute atomic E-state index is 0.117. The van der Waals surface area contributed by atoms with Gasteiger partial charge in [-0.15, -0.1) is 11.3 Å². The summed E-state index contributed by atoms with van der Waals surface area (Å²) in [4.78, 5) is 27.5. The monoisotopic (exact) mass is 498 g/mol. The third kappa shape index (κ3) is 5.63. The van der Waals surface area contributed by atoms with E-state index < -0.39 is 16.0 Å². The van der Waals surface area contributed by atoms with E-state index in [1.54, 1.807) is 24.0 Å². The molecule has 1 amide bonds. The molecule has 2 rings (SSSR count). The Morgan fingerprint density at radius 3 is 2.22 bits per heavy atom. The van der Waals surface area contributed by atoms with E-state index in [1.165, 1.54) is 26.3 Å². The molecule has 1 heterocycles. The van der Waals surface area contributed by atoms with E-state index in [-0.39, 0.29) is 21.5 Å². The van der Waals surface area contributed by atoms with Crippen LogP contribution in [0.3, 0.4) is 0 Å². The van der Waals surface area contributed by atoms with Gasteiger partial charge >= 0.3 is 5.97 Å². The van der Waals surface area contributed by atoms with Crippen LogP contribution in [0.1, 0.15) is 39.4 Å². The normalized spacial score (nSPS) is 11.0. The first-order chi connectivity index (χ1) is 15.1. The summed E-state index contributed by atoms with van der Waals surface area (Å²) in [5.74, 6) is -0.750. The summed E-state index contributed by atoms with van der Waals surface area (Å²) in [5.41, 5.74) is 1.31. The van der Waals surface area contributed by atoms with Crippen molar-refractivity contribution in [3.63, 3.8) is 0 Å². The van der Waals surface area contributed by atoms with Gasteiger partial charge in [-0.2, -0.15) is 0 Å². The fraction of sp³-hybridized carbons (Fsp3) is 0.350. The van der Waals surface area contributed by atoms with Crippen LogP contribution < -0.4 is 15.4 Å². The number of benzene rings is 1. The predicted octanol–water partition coefficient (Wildman–Crippen LogP) is 3.04. The fourth-order valence-corrected chi connectivity index (χ4v) is 5.09. The maximum atomic E-state index is 12.9. The minimum atomic E-state index is -3.54. The first kappa shape index (κ1) is 25.7. The Balaban J connectivity index is 2.29. The number of carbonyl (C=O) groups is 2. The SMILES string of the molecule is CCN(CC)C(=O)c1sc(NC(=S)Nc2ccc(S(=O)(=O)NC)cc2)c(C(=O)OC)c1C. The Kier molecular flexibility index (Phi) is 8.73. The Labute approximate surface area is 197 Å². The number of hydrogen-bond acceptors (Lipinski definition) is 7. The molecule has 174 valence electrons. The van der Waals surface area contributed by atoms with Crippen LogP contribution in [0.15, 0.2) is 29.2 Å². The molecule has 12 heteroatoms. The van der Waals surface area contributed by atoms with Gasteiger partial charge in [0.25, 0.3) is 5.91 Å². The van der Waals surface area contributed by atoms with Crippen molar-refractivity contribution in [1.82, 2.24) is 9.62 Å². The van der Waals surface area contributed by atoms with Gasteiger partial charge in [-0.3, -0.25) is 4.79 Å². The maximum absolute atomic E-state index is 12.9. The summed E-state index contributed by atoms with van der Waals surface area (Å²) in [6.07, 6.45) is 0. The van der Waals surface area contributed by atoms with Gasteiger partial charge in [-0.1, -0.05) is 0 Å². The molecule has 2 aromatic rings. The average molecular weight is 499 g/mol. The number of sulfonamides is 1. The smallest absolute Gasteiger partial charge is 0.341 e. The molecular formula is C20H26N4O5S3. The molecule has 0 bridgehead atoms. The van der Waals surface area contributed by atoms with Crippen LogP contribution in [-0.2, 0) is 14.8 Å². The van der Waals surface area contributed by atoms with Crippen LogP contribution >= 0.6 is 23.6 Å². The number of nitrogens with zero attached hydrogens (tertiary/aromatic N) is 1. The predicted molar refractivity (Wildman–Crippen MR) is 130 cm³/mol. The summed E-state index contributed by atoms with van der Waals surface area (Å²) in [6, 6.07) is 6.00. The van der Waals surface area contributed by atoms with Crippen molar-refractivity contribution in [2.75, 3.05) is 37.9 Å². The molecule has 32 heavy (non-hydrogen) atoms. The largest absolute Gasteiger partial charge is 0.465 e. The highest BCUT2D eigenvalue weighted by atomic mass is 32.2. The number of hydrogen-bond donors (Lipinski definition) is 3. The van der Waals surface area contributed by atoms with Crippen molar-refractivity contribution in [3.05, 3.63) is 40.3 Å². The zero-order valence-electron chi connectivity index (χ0n) is 18.4. The second-order valence-corrected chi connectivity index (χ2v) is 9.86. The van der Waals surface area contributed by atoms with Crippen molar-refractivity contribution in [2.45, 2.75) is 25.7 Å². The second kappa shape index (κ2) is 10.9. The highest BCUT2D eigenvalue weighted by Gasteiger charge is 2.27. The molecule has 1 aromatic carbocycles. The van der Waals surface area contributed by atoms with Gasteiger partial charge in [0, 0.05) is 18.8 Å². The molecule has 1 aromatic heterocycles. The van der Waals surface area contributed by atoms with Crippen LogP contribution in [0.2, 0.25) is 0 Å². The molecule has 0 aliphatic carbocycles. The zero-order chi connectivity index (χ0) is 24.1. The molecule has 0 aliphatic heterocycles. The summed E-state index contributed by atoms with van der Waals surface area (Å²) in [7, 11) is -0.938. The van der Waals surface area contributed by atoms with Crippen molar-refractivity contribution in [3.8, 4) is 0 Å². The lowest BCUT2D eigenvalue weighted by molar-refractivity contribution is 0.0601. The van der Waals surface area contributed by atoms with Gasteiger partial charge < -0.3 is 20.3 Å². The van der Waals surface area contributed by atoms with Crippen molar-refractivity contribution < 1.29 is 22.7 Å². The highest BCUT2D eigenvalue weighted by molar-refractivity contribution is 7.89. The highest BCUT2D eigenvalue weighted by Crippen LogP contribution is 2.34. The molecular weight excluding hydrogens is 472 g/mol. The van der Waals surface area contributed by atoms with Crippen LogP contribution in [0.4, 0.5) is 10.7 Å². The van der Waals surface area contributed by atoms with Gasteiger partial charge in [0.1, 0.15) is 5.00 Å². The van der Waals surface area contributed by atoms with Gasteiger partial charge in [-0.05, 0) is 69.9 Å². The molecule has 0 spiro atoms. The molecule has 3 N–H and O–H groups in total. The summed E-state index contributed by atoms with van der Waals surface area (Å²) < 4.78 is 30.8. The van der Waals surface area contributed by atoms with Crippen LogP contribution in [-0.4, -0.2) is 57.6 Å². The van der Waals surface area contributed by atoms with Crippen molar-refractivity contribution >= 4 is 61.3 Å². The van der Waals surface area contributed by atoms with E-state index in [9.17, 15) is 18.0 Å². The quantitative estimate of drug-likeness (QED) is 0.376. The average Bonchev–Trinajstić information content (AvgIpc) is 3.09. The lowest BCUT2D eigenvalue weighted by Crippen LogP contribution is -2.30. The zero-order valence-corrected chi connectivity index (χ0v) is 20.9. The summed E-state index contributed by atoms with van der Waals surface area (Å²) in [6.45, 7) is 6.56. The van der Waals surface area contributed by atoms with Crippen LogP contribution in [0, 0.1) is 6.92 Å². The van der Waals surface area contributed by atoms with Gasteiger partial charge in [0.05, 0.1) is 22.4 Å². The van der Waals surface area contributed by atoms with Crippen molar-refractivity contribution in [2.24, 2.45) is 0 Å². The molecule has 0 saturated carbocycles. The Bertz CT molecular complexity index is 1110. The van der Waals surface area contributed by atoms with E-state index >= 15 is 0 Å². The molecule has 0 atom stereocenters. The van der Waals surface area contributed by atoms with E-state index in [4.69, 9.17) is 17.0 Å². The van der Waals surface area contributed by atoms with Gasteiger partial charge in [0.2, 0.25) is 10.0 Å².